The zero-order valence-corrected chi connectivity index (χ0v) is 11.5. The van der Waals surface area contributed by atoms with Crippen molar-refractivity contribution in [3.8, 4) is 0 Å². The molecule has 0 fully saturated rings. The summed E-state index contributed by atoms with van der Waals surface area (Å²) in [6.45, 7) is 1.93. The molecule has 1 aromatic carbocycles. The molecule has 21 heavy (non-hydrogen) atoms. The van der Waals surface area contributed by atoms with Crippen LogP contribution in [0.15, 0.2) is 42.9 Å². The monoisotopic (exact) mass is 285 g/mol. The van der Waals surface area contributed by atoms with E-state index in [9.17, 15) is 14.7 Å². The normalized spacial score (nSPS) is 11.7. The number of carbonyl (C=O) groups is 2. The Balaban J connectivity index is 2.09. The number of aliphatic carboxylic acids is 1. The predicted molar refractivity (Wildman–Crippen MR) is 75.8 cm³/mol. The summed E-state index contributed by atoms with van der Waals surface area (Å²) >= 11 is 0. The lowest BCUT2D eigenvalue weighted by molar-refractivity contribution is -0.139. The second-order valence-corrected chi connectivity index (χ2v) is 4.65. The fourth-order valence-electron chi connectivity index (χ4n) is 1.92. The van der Waals surface area contributed by atoms with Crippen LogP contribution >= 0.6 is 0 Å². The minimum atomic E-state index is -1.09. The number of benzene rings is 1. The first kappa shape index (κ1) is 14.6. The molecule has 2 aromatic rings. The van der Waals surface area contributed by atoms with Crippen molar-refractivity contribution in [2.45, 2.75) is 19.4 Å². The number of carboxylic acids is 1. The van der Waals surface area contributed by atoms with Crippen LogP contribution in [0.25, 0.3) is 0 Å². The Kier molecular flexibility index (Phi) is 4.61. The van der Waals surface area contributed by atoms with Crippen LogP contribution in [0.5, 0.6) is 0 Å². The lowest BCUT2D eigenvalue weighted by atomic mass is 10.0. The van der Waals surface area contributed by atoms with E-state index >= 15 is 0 Å². The minimum absolute atomic E-state index is 0.0907. The summed E-state index contributed by atoms with van der Waals surface area (Å²) in [7, 11) is 0. The van der Waals surface area contributed by atoms with Gasteiger partial charge in [0, 0.05) is 18.8 Å². The molecule has 1 aromatic heterocycles. The van der Waals surface area contributed by atoms with E-state index in [0.717, 1.165) is 11.1 Å². The second-order valence-electron chi connectivity index (χ2n) is 4.65. The lowest BCUT2D eigenvalue weighted by Crippen LogP contribution is -2.42. The molecule has 108 valence electrons. The number of carboxylic acid groups (broad SMARTS) is 1. The molecule has 6 nitrogen and oxygen atoms in total. The van der Waals surface area contributed by atoms with Crippen LogP contribution in [0.3, 0.4) is 0 Å². The van der Waals surface area contributed by atoms with Gasteiger partial charge in [0.1, 0.15) is 11.7 Å². The van der Waals surface area contributed by atoms with Crippen molar-refractivity contribution in [2.24, 2.45) is 0 Å². The number of amides is 1. The third-order valence-corrected chi connectivity index (χ3v) is 2.92. The molecule has 0 radical (unpaired) electrons. The molecule has 0 saturated carbocycles. The highest BCUT2D eigenvalue weighted by molar-refractivity contribution is 5.94. The van der Waals surface area contributed by atoms with Crippen LogP contribution in [-0.4, -0.2) is 33.0 Å². The third-order valence-electron chi connectivity index (χ3n) is 2.92. The van der Waals surface area contributed by atoms with Crippen molar-refractivity contribution in [3.63, 3.8) is 0 Å². The van der Waals surface area contributed by atoms with Gasteiger partial charge < -0.3 is 10.4 Å². The topological polar surface area (TPSA) is 92.2 Å². The third kappa shape index (κ3) is 4.10. The van der Waals surface area contributed by atoms with Gasteiger partial charge in [0.25, 0.3) is 5.91 Å². The highest BCUT2D eigenvalue weighted by Gasteiger charge is 2.21. The number of aromatic nitrogens is 2. The predicted octanol–water partition coefficient (Wildman–Crippen LogP) is 1.21. The van der Waals surface area contributed by atoms with Gasteiger partial charge in [-0.25, -0.2) is 9.78 Å². The highest BCUT2D eigenvalue weighted by Crippen LogP contribution is 2.07. The Hall–Kier alpha value is -2.76. The van der Waals surface area contributed by atoms with Gasteiger partial charge in [-0.15, -0.1) is 0 Å². The standard InChI is InChI=1S/C15H15N3O3/c1-10-3-2-4-11(7-10)8-12(15(20)21)18-14(19)13-9-16-5-6-17-13/h2-7,9,12H,8H2,1H3,(H,18,19)(H,20,21)/t12-/m0/s1. The average molecular weight is 285 g/mol. The molecule has 0 unspecified atom stereocenters. The Morgan fingerprint density at radius 2 is 2.14 bits per heavy atom. The van der Waals surface area contributed by atoms with Gasteiger partial charge in [-0.05, 0) is 12.5 Å². The van der Waals surface area contributed by atoms with Crippen LogP contribution < -0.4 is 5.32 Å². The molecule has 0 bridgehead atoms. The molecule has 1 amide bonds. The van der Waals surface area contributed by atoms with Gasteiger partial charge in [-0.3, -0.25) is 9.78 Å². The van der Waals surface area contributed by atoms with E-state index in [-0.39, 0.29) is 12.1 Å². The summed E-state index contributed by atoms with van der Waals surface area (Å²) in [5, 5.41) is 11.7. The molecule has 0 aliphatic rings. The van der Waals surface area contributed by atoms with Gasteiger partial charge in [-0.1, -0.05) is 29.8 Å². The second kappa shape index (κ2) is 6.60. The molecule has 0 spiro atoms. The van der Waals surface area contributed by atoms with Crippen molar-refractivity contribution in [3.05, 3.63) is 59.7 Å². The molecule has 0 saturated heterocycles. The maximum Gasteiger partial charge on any atom is 0.326 e. The van der Waals surface area contributed by atoms with Gasteiger partial charge in [0.15, 0.2) is 0 Å². The molecule has 2 N–H and O–H groups in total. The van der Waals surface area contributed by atoms with Crippen molar-refractivity contribution in [2.75, 3.05) is 0 Å². The van der Waals surface area contributed by atoms with E-state index in [1.54, 1.807) is 0 Å². The molecular formula is C15H15N3O3. The molecule has 1 atom stereocenters. The van der Waals surface area contributed by atoms with Gasteiger partial charge in [0.05, 0.1) is 6.20 Å². The van der Waals surface area contributed by atoms with E-state index in [4.69, 9.17) is 0 Å². The average Bonchev–Trinajstić information content (AvgIpc) is 2.47. The first-order valence-corrected chi connectivity index (χ1v) is 6.41. The first-order valence-electron chi connectivity index (χ1n) is 6.41. The number of nitrogens with zero attached hydrogens (tertiary/aromatic N) is 2. The molecule has 6 heteroatoms. The van der Waals surface area contributed by atoms with E-state index in [1.165, 1.54) is 18.6 Å². The van der Waals surface area contributed by atoms with E-state index in [0.29, 0.717) is 0 Å². The van der Waals surface area contributed by atoms with Crippen LogP contribution in [-0.2, 0) is 11.2 Å². The number of hydrogen-bond donors (Lipinski definition) is 2. The van der Waals surface area contributed by atoms with E-state index < -0.39 is 17.9 Å². The molecule has 0 aliphatic heterocycles. The Morgan fingerprint density at radius 3 is 2.76 bits per heavy atom. The van der Waals surface area contributed by atoms with Crippen molar-refractivity contribution in [1.29, 1.82) is 0 Å². The Bertz CT molecular complexity index is 644. The fraction of sp³-hybridized carbons (Fsp3) is 0.200. The van der Waals surface area contributed by atoms with E-state index in [1.807, 2.05) is 31.2 Å². The largest absolute Gasteiger partial charge is 0.480 e. The summed E-state index contributed by atoms with van der Waals surface area (Å²) in [6, 6.07) is 6.49. The minimum Gasteiger partial charge on any atom is -0.480 e. The zero-order valence-electron chi connectivity index (χ0n) is 11.5. The maximum atomic E-state index is 11.9. The fourth-order valence-corrected chi connectivity index (χ4v) is 1.92. The molecule has 2 rings (SSSR count). The lowest BCUT2D eigenvalue weighted by Gasteiger charge is -2.14. The van der Waals surface area contributed by atoms with Crippen LogP contribution in [0.4, 0.5) is 0 Å². The van der Waals surface area contributed by atoms with Gasteiger partial charge >= 0.3 is 5.97 Å². The van der Waals surface area contributed by atoms with Crippen molar-refractivity contribution >= 4 is 11.9 Å². The first-order chi connectivity index (χ1) is 10.1. The maximum absolute atomic E-state index is 11.9. The van der Waals surface area contributed by atoms with Gasteiger partial charge in [-0.2, -0.15) is 0 Å². The highest BCUT2D eigenvalue weighted by atomic mass is 16.4. The van der Waals surface area contributed by atoms with Crippen LogP contribution in [0.1, 0.15) is 21.6 Å². The summed E-state index contributed by atoms with van der Waals surface area (Å²) in [5.41, 5.74) is 1.98. The number of rotatable bonds is 5. The van der Waals surface area contributed by atoms with Crippen LogP contribution in [0.2, 0.25) is 0 Å². The summed E-state index contributed by atoms with van der Waals surface area (Å²) in [6.07, 6.45) is 4.33. The molecule has 0 aliphatic carbocycles. The SMILES string of the molecule is Cc1cccc(C[C@H](NC(=O)c2cnccn2)C(=O)O)c1. The smallest absolute Gasteiger partial charge is 0.326 e. The molecular weight excluding hydrogens is 270 g/mol. The number of aryl methyl sites for hydroxylation is 1. The number of carbonyl (C=O) groups excluding carboxylic acids is 1. The zero-order chi connectivity index (χ0) is 15.2. The summed E-state index contributed by atoms with van der Waals surface area (Å²) in [4.78, 5) is 30.9. The summed E-state index contributed by atoms with van der Waals surface area (Å²) < 4.78 is 0. The Morgan fingerprint density at radius 1 is 1.33 bits per heavy atom. The van der Waals surface area contributed by atoms with E-state index in [2.05, 4.69) is 15.3 Å². The Labute approximate surface area is 121 Å². The van der Waals surface area contributed by atoms with Crippen molar-refractivity contribution < 1.29 is 14.7 Å². The molecule has 1 heterocycles. The van der Waals surface area contributed by atoms with Crippen molar-refractivity contribution in [1.82, 2.24) is 15.3 Å². The summed E-state index contributed by atoms with van der Waals surface area (Å²) in [5.74, 6) is -1.64. The van der Waals surface area contributed by atoms with Crippen LogP contribution in [0, 0.1) is 6.92 Å². The number of hydrogen-bond acceptors (Lipinski definition) is 4. The number of nitrogens with one attached hydrogen (secondary N) is 1. The quantitative estimate of drug-likeness (QED) is 0.861. The van der Waals surface area contributed by atoms with Gasteiger partial charge in [0.2, 0.25) is 0 Å².